The first-order chi connectivity index (χ1) is 7.67. The van der Waals surface area contributed by atoms with E-state index in [0.29, 0.717) is 6.54 Å². The van der Waals surface area contributed by atoms with Gasteiger partial charge in [-0.2, -0.15) is 0 Å². The number of amides is 2. The highest BCUT2D eigenvalue weighted by Gasteiger charge is 2.40. The summed E-state index contributed by atoms with van der Waals surface area (Å²) in [7, 11) is 0. The van der Waals surface area contributed by atoms with Gasteiger partial charge in [0.25, 0.3) is 0 Å². The lowest BCUT2D eigenvalue weighted by molar-refractivity contribution is -0.129. The molecule has 0 aromatic heterocycles. The molecule has 17 heavy (non-hydrogen) atoms. The van der Waals surface area contributed by atoms with Crippen LogP contribution in [0.2, 0.25) is 0 Å². The molecule has 1 fully saturated rings. The van der Waals surface area contributed by atoms with Gasteiger partial charge in [-0.25, -0.2) is 9.69 Å². The average molecular weight is 242 g/mol. The zero-order valence-electron chi connectivity index (χ0n) is 11.3. The summed E-state index contributed by atoms with van der Waals surface area (Å²) in [6, 6.07) is 0. The Hall–Kier alpha value is -1.10. The van der Waals surface area contributed by atoms with E-state index in [1.165, 1.54) is 4.90 Å². The van der Waals surface area contributed by atoms with Crippen LogP contribution in [0.15, 0.2) is 0 Å². The molecule has 1 rings (SSSR count). The number of carbonyl (C=O) groups excluding carboxylic acids is 2. The molecule has 0 spiro atoms. The molecule has 98 valence electrons. The summed E-state index contributed by atoms with van der Waals surface area (Å²) in [6.07, 6.45) is -0.264. The van der Waals surface area contributed by atoms with Crippen molar-refractivity contribution in [1.29, 1.82) is 0 Å². The maximum Gasteiger partial charge on any atom is 0.416 e. The Bertz CT molecular complexity index is 324. The van der Waals surface area contributed by atoms with Crippen LogP contribution in [0, 0.1) is 0 Å². The van der Waals surface area contributed by atoms with E-state index in [1.807, 2.05) is 27.7 Å². The molecule has 0 atom stereocenters. The fraction of sp³-hybridized carbons (Fsp3) is 0.833. The van der Waals surface area contributed by atoms with Gasteiger partial charge in [0.05, 0.1) is 6.61 Å². The van der Waals surface area contributed by atoms with E-state index in [4.69, 9.17) is 4.74 Å². The van der Waals surface area contributed by atoms with E-state index in [0.717, 1.165) is 0 Å². The second-order valence-corrected chi connectivity index (χ2v) is 5.75. The molecule has 2 amide bonds. The minimum absolute atomic E-state index is 0.188. The molecule has 5 heteroatoms. The van der Waals surface area contributed by atoms with Gasteiger partial charge in [0.1, 0.15) is 0 Å². The smallest absolute Gasteiger partial charge is 0.416 e. The summed E-state index contributed by atoms with van der Waals surface area (Å²) in [5, 5.41) is 3.38. The second-order valence-electron chi connectivity index (χ2n) is 5.75. The topological polar surface area (TPSA) is 58.6 Å². The van der Waals surface area contributed by atoms with Crippen LogP contribution in [-0.4, -0.2) is 41.1 Å². The third-order valence-corrected chi connectivity index (χ3v) is 2.61. The molecule has 0 aliphatic carbocycles. The molecule has 0 bridgehead atoms. The van der Waals surface area contributed by atoms with Crippen LogP contribution in [0.1, 0.15) is 41.0 Å². The fourth-order valence-corrected chi connectivity index (χ4v) is 2.32. The van der Waals surface area contributed by atoms with Gasteiger partial charge in [0.15, 0.2) is 0 Å². The SMILES string of the molecule is CCOC(=O)N1CC(C)(C)NC(C)(C)CC1=O. The number of imide groups is 1. The molecule has 0 unspecified atom stereocenters. The number of nitrogens with zero attached hydrogens (tertiary/aromatic N) is 1. The number of rotatable bonds is 1. The van der Waals surface area contributed by atoms with Crippen molar-refractivity contribution in [1.82, 2.24) is 10.2 Å². The molecule has 1 aliphatic rings. The predicted octanol–water partition coefficient (Wildman–Crippen LogP) is 1.52. The lowest BCUT2D eigenvalue weighted by atomic mass is 9.96. The quantitative estimate of drug-likeness (QED) is 0.757. The first-order valence-corrected chi connectivity index (χ1v) is 5.93. The van der Waals surface area contributed by atoms with E-state index >= 15 is 0 Å². The molecule has 0 radical (unpaired) electrons. The van der Waals surface area contributed by atoms with Crippen molar-refractivity contribution in [2.45, 2.75) is 52.1 Å². The second kappa shape index (κ2) is 4.64. The van der Waals surface area contributed by atoms with Gasteiger partial charge in [-0.05, 0) is 34.6 Å². The minimum Gasteiger partial charge on any atom is -0.449 e. The van der Waals surface area contributed by atoms with Gasteiger partial charge in [0.2, 0.25) is 5.91 Å². The minimum atomic E-state index is -0.551. The van der Waals surface area contributed by atoms with E-state index in [-0.39, 0.29) is 30.0 Å². The highest BCUT2D eigenvalue weighted by molar-refractivity contribution is 5.92. The van der Waals surface area contributed by atoms with Gasteiger partial charge in [-0.3, -0.25) is 4.79 Å². The predicted molar refractivity (Wildman–Crippen MR) is 64.6 cm³/mol. The van der Waals surface area contributed by atoms with Gasteiger partial charge in [0, 0.05) is 24.0 Å². The molecular weight excluding hydrogens is 220 g/mol. The lowest BCUT2D eigenvalue weighted by Crippen LogP contribution is -2.54. The molecule has 5 nitrogen and oxygen atoms in total. The van der Waals surface area contributed by atoms with Crippen molar-refractivity contribution in [3.05, 3.63) is 0 Å². The largest absolute Gasteiger partial charge is 0.449 e. The normalized spacial score (nSPS) is 23.1. The van der Waals surface area contributed by atoms with E-state index < -0.39 is 6.09 Å². The Morgan fingerprint density at radius 2 is 1.94 bits per heavy atom. The van der Waals surface area contributed by atoms with E-state index in [2.05, 4.69) is 5.32 Å². The van der Waals surface area contributed by atoms with Gasteiger partial charge in [-0.1, -0.05) is 0 Å². The van der Waals surface area contributed by atoms with Crippen LogP contribution < -0.4 is 5.32 Å². The first-order valence-electron chi connectivity index (χ1n) is 5.93. The van der Waals surface area contributed by atoms with Gasteiger partial charge < -0.3 is 10.1 Å². The maximum atomic E-state index is 12.0. The summed E-state index contributed by atoms with van der Waals surface area (Å²) in [6.45, 7) is 10.2. The van der Waals surface area contributed by atoms with Crippen molar-refractivity contribution in [3.63, 3.8) is 0 Å². The van der Waals surface area contributed by atoms with Crippen molar-refractivity contribution in [2.75, 3.05) is 13.2 Å². The number of carbonyl (C=O) groups is 2. The highest BCUT2D eigenvalue weighted by Crippen LogP contribution is 2.22. The lowest BCUT2D eigenvalue weighted by Gasteiger charge is -2.33. The van der Waals surface area contributed by atoms with Crippen molar-refractivity contribution < 1.29 is 14.3 Å². The zero-order chi connectivity index (χ0) is 13.3. The van der Waals surface area contributed by atoms with Crippen molar-refractivity contribution in [3.8, 4) is 0 Å². The molecule has 1 saturated heterocycles. The molecule has 1 N–H and O–H groups in total. The third kappa shape index (κ3) is 3.70. The van der Waals surface area contributed by atoms with E-state index in [9.17, 15) is 9.59 Å². The van der Waals surface area contributed by atoms with E-state index in [1.54, 1.807) is 6.92 Å². The standard InChI is InChI=1S/C12H22N2O3/c1-6-17-10(16)14-8-12(4,5)13-11(2,3)7-9(14)15/h13H,6-8H2,1-5H3. The number of ether oxygens (including phenoxy) is 1. The van der Waals surface area contributed by atoms with Gasteiger partial charge in [-0.15, -0.1) is 0 Å². The van der Waals surface area contributed by atoms with Crippen LogP contribution >= 0.6 is 0 Å². The molecule has 1 aliphatic heterocycles. The Morgan fingerprint density at radius 1 is 1.35 bits per heavy atom. The van der Waals surface area contributed by atoms with Crippen LogP contribution in [0.5, 0.6) is 0 Å². The summed E-state index contributed by atoms with van der Waals surface area (Å²) in [5.41, 5.74) is -0.635. The fourth-order valence-electron chi connectivity index (χ4n) is 2.32. The molecule has 0 aromatic carbocycles. The highest BCUT2D eigenvalue weighted by atomic mass is 16.6. The number of nitrogens with one attached hydrogen (secondary N) is 1. The van der Waals surface area contributed by atoms with Crippen LogP contribution in [0.25, 0.3) is 0 Å². The first kappa shape index (κ1) is 14.0. The zero-order valence-corrected chi connectivity index (χ0v) is 11.3. The number of hydrogen-bond acceptors (Lipinski definition) is 4. The van der Waals surface area contributed by atoms with Crippen LogP contribution in [-0.2, 0) is 9.53 Å². The Labute approximate surface area is 102 Å². The van der Waals surface area contributed by atoms with Crippen molar-refractivity contribution >= 4 is 12.0 Å². The van der Waals surface area contributed by atoms with Crippen LogP contribution in [0.4, 0.5) is 4.79 Å². The molecule has 0 aromatic rings. The summed E-state index contributed by atoms with van der Waals surface area (Å²) in [4.78, 5) is 24.9. The summed E-state index contributed by atoms with van der Waals surface area (Å²) >= 11 is 0. The number of hydrogen-bond donors (Lipinski definition) is 1. The summed E-state index contributed by atoms with van der Waals surface area (Å²) in [5.74, 6) is -0.188. The van der Waals surface area contributed by atoms with Crippen molar-refractivity contribution in [2.24, 2.45) is 0 Å². The maximum absolute atomic E-state index is 12.0. The average Bonchev–Trinajstić information content (AvgIpc) is 2.18. The Morgan fingerprint density at radius 3 is 2.47 bits per heavy atom. The third-order valence-electron chi connectivity index (χ3n) is 2.61. The molecule has 0 saturated carbocycles. The Balaban J connectivity index is 2.92. The molecular formula is C12H22N2O3. The van der Waals surface area contributed by atoms with Crippen LogP contribution in [0.3, 0.4) is 0 Å². The van der Waals surface area contributed by atoms with Gasteiger partial charge >= 0.3 is 6.09 Å². The molecule has 1 heterocycles. The summed E-state index contributed by atoms with van der Waals surface area (Å²) < 4.78 is 4.91. The Kier molecular flexibility index (Phi) is 3.81. The monoisotopic (exact) mass is 242 g/mol.